The average Bonchev–Trinajstić information content (AvgIpc) is 3.05. The first-order valence-corrected chi connectivity index (χ1v) is 9.93. The second-order valence-corrected chi connectivity index (χ2v) is 8.13. The molecule has 0 aliphatic carbocycles. The van der Waals surface area contributed by atoms with Crippen LogP contribution in [-0.2, 0) is 6.42 Å². The highest BCUT2D eigenvalue weighted by molar-refractivity contribution is 6.31. The van der Waals surface area contributed by atoms with Gasteiger partial charge in [-0.1, -0.05) is 23.7 Å². The third-order valence-corrected chi connectivity index (χ3v) is 4.80. The number of halogens is 4. The van der Waals surface area contributed by atoms with Gasteiger partial charge >= 0.3 is 6.18 Å². The van der Waals surface area contributed by atoms with Crippen molar-refractivity contribution in [1.82, 2.24) is 10.3 Å². The number of para-hydroxylation sites is 2. The monoisotopic (exact) mass is 440 g/mol. The molecule has 0 atom stereocenters. The van der Waals surface area contributed by atoms with Gasteiger partial charge in [0.2, 0.25) is 0 Å². The number of benzene rings is 2. The summed E-state index contributed by atoms with van der Waals surface area (Å²) in [5.41, 5.74) is 1.95. The molecule has 4 nitrogen and oxygen atoms in total. The van der Waals surface area contributed by atoms with Crippen LogP contribution in [0.2, 0.25) is 5.02 Å². The number of fused-ring (bicyclic) bond motifs is 1. The Bertz CT molecular complexity index is 986. The van der Waals surface area contributed by atoms with Gasteiger partial charge in [-0.25, -0.2) is 0 Å². The standard InChI is InChI=1S/C22H24ClF3N2O2/c1-21(2,12-15-13-27-18-8-7-16(23)11-17(15)18)28-9-10-29-19-5-3-4-6-20(19)30-14-22(24,25)26/h3-8,11,13,27-28H,9-10,12,14H2,1-2H3. The molecule has 162 valence electrons. The van der Waals surface area contributed by atoms with Gasteiger partial charge in [0.1, 0.15) is 6.61 Å². The highest BCUT2D eigenvalue weighted by Gasteiger charge is 2.29. The second-order valence-electron chi connectivity index (χ2n) is 7.69. The van der Waals surface area contributed by atoms with Gasteiger partial charge in [0.15, 0.2) is 18.1 Å². The highest BCUT2D eigenvalue weighted by atomic mass is 35.5. The summed E-state index contributed by atoms with van der Waals surface area (Å²) in [5, 5.41) is 5.21. The predicted octanol–water partition coefficient (Wildman–Crippen LogP) is 5.75. The van der Waals surface area contributed by atoms with E-state index in [1.54, 1.807) is 18.2 Å². The van der Waals surface area contributed by atoms with Crippen molar-refractivity contribution in [3.63, 3.8) is 0 Å². The van der Waals surface area contributed by atoms with Gasteiger partial charge in [0.25, 0.3) is 0 Å². The first-order chi connectivity index (χ1) is 14.1. The first kappa shape index (κ1) is 22.3. The van der Waals surface area contributed by atoms with Crippen LogP contribution in [0.5, 0.6) is 11.5 Å². The zero-order chi connectivity index (χ0) is 21.8. The van der Waals surface area contributed by atoms with E-state index in [2.05, 4.69) is 24.1 Å². The van der Waals surface area contributed by atoms with E-state index < -0.39 is 12.8 Å². The number of alkyl halides is 3. The van der Waals surface area contributed by atoms with Gasteiger partial charge in [0.05, 0.1) is 0 Å². The third-order valence-electron chi connectivity index (χ3n) is 4.57. The zero-order valence-corrected chi connectivity index (χ0v) is 17.5. The molecule has 0 radical (unpaired) electrons. The SMILES string of the molecule is CC(C)(Cc1c[nH]c2ccc(Cl)cc12)NCCOc1ccccc1OCC(F)(F)F. The Kier molecular flexibility index (Phi) is 6.83. The van der Waals surface area contributed by atoms with Gasteiger partial charge in [-0.15, -0.1) is 0 Å². The second kappa shape index (κ2) is 9.18. The lowest BCUT2D eigenvalue weighted by Gasteiger charge is -2.26. The molecular formula is C22H24ClF3N2O2. The Morgan fingerprint density at radius 2 is 1.73 bits per heavy atom. The molecule has 8 heteroatoms. The maximum absolute atomic E-state index is 12.4. The number of hydrogen-bond donors (Lipinski definition) is 2. The van der Waals surface area contributed by atoms with Crippen LogP contribution in [0.25, 0.3) is 10.9 Å². The third kappa shape index (κ3) is 6.31. The van der Waals surface area contributed by atoms with Crippen molar-refractivity contribution < 1.29 is 22.6 Å². The molecular weight excluding hydrogens is 417 g/mol. The number of aromatic nitrogens is 1. The summed E-state index contributed by atoms with van der Waals surface area (Å²) < 4.78 is 47.7. The minimum absolute atomic E-state index is 0.0738. The number of hydrogen-bond acceptors (Lipinski definition) is 3. The van der Waals surface area contributed by atoms with Crippen molar-refractivity contribution in [2.45, 2.75) is 32.0 Å². The molecule has 0 amide bonds. The van der Waals surface area contributed by atoms with Crippen molar-refractivity contribution >= 4 is 22.5 Å². The van der Waals surface area contributed by atoms with E-state index >= 15 is 0 Å². The van der Waals surface area contributed by atoms with Crippen LogP contribution in [0.15, 0.2) is 48.7 Å². The van der Waals surface area contributed by atoms with Crippen LogP contribution in [0.1, 0.15) is 19.4 Å². The molecule has 0 unspecified atom stereocenters. The summed E-state index contributed by atoms with van der Waals surface area (Å²) in [6.07, 6.45) is -1.65. The summed E-state index contributed by atoms with van der Waals surface area (Å²) in [5.74, 6) is 0.359. The van der Waals surface area contributed by atoms with Crippen molar-refractivity contribution in [2.24, 2.45) is 0 Å². The van der Waals surface area contributed by atoms with E-state index in [9.17, 15) is 13.2 Å². The lowest BCUT2D eigenvalue weighted by molar-refractivity contribution is -0.153. The molecule has 0 saturated heterocycles. The quantitative estimate of drug-likeness (QED) is 0.416. The van der Waals surface area contributed by atoms with E-state index in [-0.39, 0.29) is 23.6 Å². The fourth-order valence-electron chi connectivity index (χ4n) is 3.23. The van der Waals surface area contributed by atoms with Gasteiger partial charge in [-0.05, 0) is 56.2 Å². The van der Waals surface area contributed by atoms with Gasteiger partial charge < -0.3 is 19.8 Å². The molecule has 3 aromatic rings. The summed E-state index contributed by atoms with van der Waals surface area (Å²) in [6, 6.07) is 12.1. The summed E-state index contributed by atoms with van der Waals surface area (Å²) in [6.45, 7) is 3.61. The Labute approximate surface area is 178 Å². The van der Waals surface area contributed by atoms with Crippen molar-refractivity contribution in [1.29, 1.82) is 0 Å². The molecule has 1 heterocycles. The summed E-state index contributed by atoms with van der Waals surface area (Å²) >= 11 is 6.12. The normalized spacial score (nSPS) is 12.3. The van der Waals surface area contributed by atoms with Gasteiger partial charge in [-0.3, -0.25) is 0 Å². The number of ether oxygens (including phenoxy) is 2. The first-order valence-electron chi connectivity index (χ1n) is 9.55. The molecule has 0 aliphatic heterocycles. The van der Waals surface area contributed by atoms with E-state index in [1.807, 2.05) is 24.4 Å². The molecule has 0 bridgehead atoms. The lowest BCUT2D eigenvalue weighted by Crippen LogP contribution is -2.43. The maximum Gasteiger partial charge on any atom is 0.422 e. The maximum atomic E-state index is 12.4. The van der Waals surface area contributed by atoms with Crippen molar-refractivity contribution in [2.75, 3.05) is 19.8 Å². The highest BCUT2D eigenvalue weighted by Crippen LogP contribution is 2.29. The molecule has 0 fully saturated rings. The van der Waals surface area contributed by atoms with Crippen LogP contribution in [0, 0.1) is 0 Å². The van der Waals surface area contributed by atoms with Crippen molar-refractivity contribution in [3.05, 3.63) is 59.2 Å². The fourth-order valence-corrected chi connectivity index (χ4v) is 3.41. The van der Waals surface area contributed by atoms with Gasteiger partial charge in [-0.2, -0.15) is 13.2 Å². The Balaban J connectivity index is 1.53. The predicted molar refractivity (Wildman–Crippen MR) is 113 cm³/mol. The zero-order valence-electron chi connectivity index (χ0n) is 16.8. The van der Waals surface area contributed by atoms with Crippen LogP contribution < -0.4 is 14.8 Å². The minimum atomic E-state index is -4.40. The Hall–Kier alpha value is -2.38. The molecule has 2 aromatic carbocycles. The van der Waals surface area contributed by atoms with Crippen LogP contribution in [0.3, 0.4) is 0 Å². The smallest absolute Gasteiger partial charge is 0.422 e. The van der Waals surface area contributed by atoms with E-state index in [0.29, 0.717) is 11.6 Å². The number of rotatable bonds is 9. The molecule has 0 aliphatic rings. The summed E-state index contributed by atoms with van der Waals surface area (Å²) in [7, 11) is 0. The van der Waals surface area contributed by atoms with E-state index in [1.165, 1.54) is 6.07 Å². The fraction of sp³-hybridized carbons (Fsp3) is 0.364. The molecule has 1 aromatic heterocycles. The van der Waals surface area contributed by atoms with E-state index in [4.69, 9.17) is 21.1 Å². The van der Waals surface area contributed by atoms with Crippen LogP contribution in [-0.4, -0.2) is 36.5 Å². The van der Waals surface area contributed by atoms with E-state index in [0.717, 1.165) is 22.9 Å². The molecule has 30 heavy (non-hydrogen) atoms. The van der Waals surface area contributed by atoms with Crippen molar-refractivity contribution in [3.8, 4) is 11.5 Å². The summed E-state index contributed by atoms with van der Waals surface area (Å²) in [4.78, 5) is 3.25. The topological polar surface area (TPSA) is 46.3 Å². The molecule has 0 spiro atoms. The average molecular weight is 441 g/mol. The lowest BCUT2D eigenvalue weighted by atomic mass is 9.94. The largest absolute Gasteiger partial charge is 0.488 e. The minimum Gasteiger partial charge on any atom is -0.488 e. The number of nitrogens with one attached hydrogen (secondary N) is 2. The van der Waals surface area contributed by atoms with Crippen LogP contribution in [0.4, 0.5) is 13.2 Å². The number of aromatic amines is 1. The van der Waals surface area contributed by atoms with Crippen LogP contribution >= 0.6 is 11.6 Å². The molecule has 2 N–H and O–H groups in total. The Morgan fingerprint density at radius 1 is 1.03 bits per heavy atom. The Morgan fingerprint density at radius 3 is 2.43 bits per heavy atom. The molecule has 3 rings (SSSR count). The molecule has 0 saturated carbocycles. The number of H-pyrrole nitrogens is 1. The van der Waals surface area contributed by atoms with Gasteiger partial charge in [0, 0.05) is 34.2 Å².